The molecular weight excluding hydrogens is 391 g/mol. The molecular formula is C23H22ClFN2O2. The number of likely N-dealkylation sites (tertiary alicyclic amines) is 1. The van der Waals surface area contributed by atoms with Crippen molar-refractivity contribution in [2.24, 2.45) is 5.92 Å². The predicted molar refractivity (Wildman–Crippen MR) is 112 cm³/mol. The molecule has 2 aliphatic rings. The number of amides is 2. The van der Waals surface area contributed by atoms with E-state index in [1.165, 1.54) is 17.0 Å². The van der Waals surface area contributed by atoms with Gasteiger partial charge in [-0.1, -0.05) is 30.7 Å². The molecule has 2 aromatic carbocycles. The van der Waals surface area contributed by atoms with Crippen LogP contribution in [0.2, 0.25) is 5.02 Å². The number of anilines is 1. The molecule has 4 rings (SSSR count). The Kier molecular flexibility index (Phi) is 5.17. The molecule has 29 heavy (non-hydrogen) atoms. The lowest BCUT2D eigenvalue weighted by Crippen LogP contribution is -2.39. The summed E-state index contributed by atoms with van der Waals surface area (Å²) in [6.45, 7) is 5.40. The van der Waals surface area contributed by atoms with E-state index in [0.717, 1.165) is 24.9 Å². The van der Waals surface area contributed by atoms with E-state index in [9.17, 15) is 14.0 Å². The first-order chi connectivity index (χ1) is 13.9. The van der Waals surface area contributed by atoms with Gasteiger partial charge < -0.3 is 4.90 Å². The number of benzene rings is 2. The van der Waals surface area contributed by atoms with E-state index in [1.807, 2.05) is 11.8 Å². The average Bonchev–Trinajstić information content (AvgIpc) is 2.93. The quantitative estimate of drug-likeness (QED) is 0.679. The summed E-state index contributed by atoms with van der Waals surface area (Å²) in [7, 11) is 0. The van der Waals surface area contributed by atoms with Gasteiger partial charge in [0.25, 0.3) is 11.8 Å². The van der Waals surface area contributed by atoms with Crippen LogP contribution in [0.25, 0.3) is 5.57 Å². The number of aryl methyl sites for hydroxylation is 1. The highest BCUT2D eigenvalue weighted by atomic mass is 35.5. The molecule has 1 fully saturated rings. The minimum Gasteiger partial charge on any atom is -0.366 e. The summed E-state index contributed by atoms with van der Waals surface area (Å²) in [4.78, 5) is 30.2. The molecule has 0 saturated carbocycles. The first-order valence-corrected chi connectivity index (χ1v) is 10.1. The number of carbonyl (C=O) groups is 2. The van der Waals surface area contributed by atoms with Crippen molar-refractivity contribution >= 4 is 34.7 Å². The van der Waals surface area contributed by atoms with E-state index in [1.54, 1.807) is 30.3 Å². The Morgan fingerprint density at radius 3 is 2.45 bits per heavy atom. The van der Waals surface area contributed by atoms with Crippen molar-refractivity contribution in [3.8, 4) is 0 Å². The Balaban J connectivity index is 1.84. The van der Waals surface area contributed by atoms with Crippen molar-refractivity contribution in [3.05, 3.63) is 70.1 Å². The lowest BCUT2D eigenvalue weighted by molar-refractivity contribution is -0.120. The van der Waals surface area contributed by atoms with Crippen LogP contribution < -0.4 is 4.90 Å². The van der Waals surface area contributed by atoms with Gasteiger partial charge in [-0.15, -0.1) is 0 Å². The van der Waals surface area contributed by atoms with Gasteiger partial charge in [0.15, 0.2) is 0 Å². The molecule has 2 amide bonds. The van der Waals surface area contributed by atoms with E-state index >= 15 is 0 Å². The van der Waals surface area contributed by atoms with Gasteiger partial charge in [0, 0.05) is 18.1 Å². The van der Waals surface area contributed by atoms with E-state index in [0.29, 0.717) is 40.0 Å². The highest BCUT2D eigenvalue weighted by molar-refractivity contribution is 6.45. The second-order valence-electron chi connectivity index (χ2n) is 7.80. The molecule has 1 atom stereocenters. The van der Waals surface area contributed by atoms with Crippen molar-refractivity contribution in [2.45, 2.75) is 26.7 Å². The third kappa shape index (κ3) is 3.55. The van der Waals surface area contributed by atoms with Gasteiger partial charge in [0.05, 0.1) is 11.3 Å². The monoisotopic (exact) mass is 412 g/mol. The summed E-state index contributed by atoms with van der Waals surface area (Å²) < 4.78 is 13.5. The number of nitrogens with zero attached hydrogens (tertiary/aromatic N) is 2. The molecule has 0 radical (unpaired) electrons. The molecule has 1 saturated heterocycles. The standard InChI is InChI=1S/C23H22ClFN2O2/c1-14-4-3-11-26(13-14)21-20(16-5-8-18(25)9-6-16)22(28)27(23(21)29)19-10-7-17(24)12-15(19)2/h5-10,12,14H,3-4,11,13H2,1-2H3. The first-order valence-electron chi connectivity index (χ1n) is 9.77. The number of rotatable bonds is 3. The van der Waals surface area contributed by atoms with E-state index in [2.05, 4.69) is 6.92 Å². The second-order valence-corrected chi connectivity index (χ2v) is 8.24. The lowest BCUT2D eigenvalue weighted by Gasteiger charge is -2.33. The summed E-state index contributed by atoms with van der Waals surface area (Å²) in [5.74, 6) is -0.682. The Morgan fingerprint density at radius 1 is 1.07 bits per heavy atom. The van der Waals surface area contributed by atoms with Crippen molar-refractivity contribution in [2.75, 3.05) is 18.0 Å². The largest absolute Gasteiger partial charge is 0.366 e. The minimum atomic E-state index is -0.389. The summed E-state index contributed by atoms with van der Waals surface area (Å²) in [6, 6.07) is 10.8. The Labute approximate surface area is 174 Å². The number of hydrogen-bond acceptors (Lipinski definition) is 3. The van der Waals surface area contributed by atoms with E-state index in [4.69, 9.17) is 11.6 Å². The second kappa shape index (κ2) is 7.64. The maximum Gasteiger partial charge on any atom is 0.282 e. The number of carbonyl (C=O) groups excluding carboxylic acids is 2. The number of imide groups is 1. The number of piperidine rings is 1. The number of halogens is 2. The maximum absolute atomic E-state index is 13.5. The normalized spacial score (nSPS) is 20.1. The molecule has 0 N–H and O–H groups in total. The maximum atomic E-state index is 13.5. The summed E-state index contributed by atoms with van der Waals surface area (Å²) in [6.07, 6.45) is 2.06. The van der Waals surface area contributed by atoms with Gasteiger partial charge in [-0.3, -0.25) is 9.59 Å². The van der Waals surface area contributed by atoms with Crippen LogP contribution in [0, 0.1) is 18.7 Å². The summed E-state index contributed by atoms with van der Waals surface area (Å²) >= 11 is 6.06. The van der Waals surface area contributed by atoms with E-state index in [-0.39, 0.29) is 17.6 Å². The highest BCUT2D eigenvalue weighted by Gasteiger charge is 2.43. The fourth-order valence-electron chi connectivity index (χ4n) is 4.17. The van der Waals surface area contributed by atoms with Crippen molar-refractivity contribution in [3.63, 3.8) is 0 Å². The van der Waals surface area contributed by atoms with E-state index < -0.39 is 0 Å². The SMILES string of the molecule is Cc1cc(Cl)ccc1N1C(=O)C(c2ccc(F)cc2)=C(N2CCCC(C)C2)C1=O. The smallest absolute Gasteiger partial charge is 0.282 e. The molecule has 4 nitrogen and oxygen atoms in total. The van der Waals surface area contributed by atoms with Crippen LogP contribution in [0.4, 0.5) is 10.1 Å². The molecule has 0 aromatic heterocycles. The Bertz CT molecular complexity index is 1020. The van der Waals surface area contributed by atoms with Crippen LogP contribution in [0.3, 0.4) is 0 Å². The molecule has 0 bridgehead atoms. The molecule has 2 aromatic rings. The number of hydrogen-bond donors (Lipinski definition) is 0. The van der Waals surface area contributed by atoms with Gasteiger partial charge in [-0.05, 0) is 67.1 Å². The molecule has 150 valence electrons. The van der Waals surface area contributed by atoms with Gasteiger partial charge in [0.1, 0.15) is 11.5 Å². The third-order valence-corrected chi connectivity index (χ3v) is 5.80. The van der Waals surface area contributed by atoms with Crippen molar-refractivity contribution in [1.82, 2.24) is 4.90 Å². The van der Waals surface area contributed by atoms with Gasteiger partial charge >= 0.3 is 0 Å². The fraction of sp³-hybridized carbons (Fsp3) is 0.304. The summed E-state index contributed by atoms with van der Waals surface area (Å²) in [5, 5.41) is 0.544. The molecule has 1 unspecified atom stereocenters. The van der Waals surface area contributed by atoms with Crippen LogP contribution in [-0.2, 0) is 9.59 Å². The predicted octanol–water partition coefficient (Wildman–Crippen LogP) is 4.80. The topological polar surface area (TPSA) is 40.6 Å². The zero-order valence-corrected chi connectivity index (χ0v) is 17.2. The first kappa shape index (κ1) is 19.6. The lowest BCUT2D eigenvalue weighted by atomic mass is 9.98. The van der Waals surface area contributed by atoms with Crippen molar-refractivity contribution < 1.29 is 14.0 Å². The highest BCUT2D eigenvalue weighted by Crippen LogP contribution is 2.38. The Hall–Kier alpha value is -2.66. The Morgan fingerprint density at radius 2 is 1.79 bits per heavy atom. The third-order valence-electron chi connectivity index (χ3n) is 5.57. The molecule has 0 aliphatic carbocycles. The zero-order chi connectivity index (χ0) is 20.7. The van der Waals surface area contributed by atoms with Crippen LogP contribution >= 0.6 is 11.6 Å². The molecule has 2 aliphatic heterocycles. The van der Waals surface area contributed by atoms with Crippen molar-refractivity contribution in [1.29, 1.82) is 0 Å². The zero-order valence-electron chi connectivity index (χ0n) is 16.4. The van der Waals surface area contributed by atoms with Gasteiger partial charge in [-0.25, -0.2) is 9.29 Å². The molecule has 2 heterocycles. The van der Waals surface area contributed by atoms with Gasteiger partial charge in [-0.2, -0.15) is 0 Å². The van der Waals surface area contributed by atoms with Gasteiger partial charge in [0.2, 0.25) is 0 Å². The average molecular weight is 413 g/mol. The molecule has 0 spiro atoms. The van der Waals surface area contributed by atoms with Crippen LogP contribution in [-0.4, -0.2) is 29.8 Å². The molecule has 6 heteroatoms. The van der Waals surface area contributed by atoms with Crippen LogP contribution in [0.15, 0.2) is 48.2 Å². The van der Waals surface area contributed by atoms with Crippen LogP contribution in [0.5, 0.6) is 0 Å². The minimum absolute atomic E-state index is 0.332. The van der Waals surface area contributed by atoms with Crippen LogP contribution in [0.1, 0.15) is 30.9 Å². The summed E-state index contributed by atoms with van der Waals surface area (Å²) in [5.41, 5.74) is 2.54. The fourth-order valence-corrected chi connectivity index (χ4v) is 4.40.